The summed E-state index contributed by atoms with van der Waals surface area (Å²) >= 11 is 0. The molecule has 2 heteroatoms. The first-order chi connectivity index (χ1) is 17.0. The molecule has 0 heterocycles. The van der Waals surface area contributed by atoms with Gasteiger partial charge in [0, 0.05) is 0 Å². The molecule has 0 fully saturated rings. The summed E-state index contributed by atoms with van der Waals surface area (Å²) in [5, 5.41) is 23.5. The SMILES string of the molecule is C=C/C=C(\C=C/C)C1=C/C2=CC(O)(C(C)(C)C)C=C(/C=C\c3cc(C(C)(C)C)cc\1c3C)C2(C)O.CC. The lowest BCUT2D eigenvalue weighted by molar-refractivity contribution is 0.0196. The van der Waals surface area contributed by atoms with Crippen LogP contribution in [-0.2, 0) is 5.41 Å². The second-order valence-electron chi connectivity index (χ2n) is 12.1. The predicted octanol–water partition coefficient (Wildman–Crippen LogP) is 8.81. The van der Waals surface area contributed by atoms with Crippen LogP contribution in [0.25, 0.3) is 11.6 Å². The van der Waals surface area contributed by atoms with Crippen molar-refractivity contribution < 1.29 is 10.2 Å². The van der Waals surface area contributed by atoms with E-state index in [4.69, 9.17) is 0 Å². The summed E-state index contributed by atoms with van der Waals surface area (Å²) in [6, 6.07) is 4.51. The molecule has 0 radical (unpaired) electrons. The number of fused-ring (bicyclic) bond motifs is 4. The summed E-state index contributed by atoms with van der Waals surface area (Å²) in [4.78, 5) is 0. The van der Waals surface area contributed by atoms with E-state index < -0.39 is 16.6 Å². The molecule has 200 valence electrons. The van der Waals surface area contributed by atoms with Gasteiger partial charge in [-0.15, -0.1) is 0 Å². The van der Waals surface area contributed by atoms with E-state index in [1.165, 1.54) is 11.1 Å². The maximum absolute atomic E-state index is 11.8. The van der Waals surface area contributed by atoms with Crippen LogP contribution in [0.5, 0.6) is 0 Å². The fourth-order valence-electron chi connectivity index (χ4n) is 4.60. The van der Waals surface area contributed by atoms with Crippen LogP contribution in [0, 0.1) is 12.3 Å². The Morgan fingerprint density at radius 1 is 0.946 bits per heavy atom. The minimum absolute atomic E-state index is 0.0322. The number of allylic oxidation sites excluding steroid dienone is 6. The Hall–Kier alpha value is -2.68. The highest BCUT2D eigenvalue weighted by atomic mass is 16.3. The van der Waals surface area contributed by atoms with Crippen LogP contribution in [0.2, 0.25) is 0 Å². The van der Waals surface area contributed by atoms with Crippen LogP contribution in [-0.4, -0.2) is 21.4 Å². The molecule has 37 heavy (non-hydrogen) atoms. The van der Waals surface area contributed by atoms with Crippen molar-refractivity contribution in [2.75, 3.05) is 0 Å². The molecule has 2 aliphatic rings. The molecule has 0 aromatic heterocycles. The number of hydrogen-bond acceptors (Lipinski definition) is 2. The summed E-state index contributed by atoms with van der Waals surface area (Å²) in [5.41, 5.74) is 5.02. The molecule has 2 nitrogen and oxygen atoms in total. The van der Waals surface area contributed by atoms with Gasteiger partial charge in [0.1, 0.15) is 11.2 Å². The highest BCUT2D eigenvalue weighted by Gasteiger charge is 2.44. The van der Waals surface area contributed by atoms with Gasteiger partial charge in [-0.25, -0.2) is 0 Å². The van der Waals surface area contributed by atoms with E-state index in [9.17, 15) is 10.2 Å². The molecule has 0 spiro atoms. The standard InChI is InChI=1S/C33H42O2.C2H6/c1-11-13-23(14-12-2)29-19-27-21-33(35,31(7,8)9)20-25(32(27,10)34)16-15-24-17-26(30(4,5)6)18-28(29)22(24)3;1-2/h11-21,34-35H,1H2,2-10H3;1-2H3/b14-12-,16-15-,23-13+,29-19-;. The molecule has 2 N–H and O–H groups in total. The smallest absolute Gasteiger partial charge is 0.111 e. The van der Waals surface area contributed by atoms with E-state index in [1.54, 1.807) is 13.0 Å². The fourth-order valence-corrected chi connectivity index (χ4v) is 4.60. The summed E-state index contributed by atoms with van der Waals surface area (Å²) < 4.78 is 0. The third-order valence-electron chi connectivity index (χ3n) is 7.38. The maximum Gasteiger partial charge on any atom is 0.111 e. The summed E-state index contributed by atoms with van der Waals surface area (Å²) in [5.74, 6) is 0. The Morgan fingerprint density at radius 2 is 1.54 bits per heavy atom. The van der Waals surface area contributed by atoms with Gasteiger partial charge >= 0.3 is 0 Å². The largest absolute Gasteiger partial charge is 0.381 e. The van der Waals surface area contributed by atoms with Crippen molar-refractivity contribution in [3.05, 3.63) is 106 Å². The molecule has 0 amide bonds. The number of aliphatic hydroxyl groups is 2. The Labute approximate surface area is 226 Å². The van der Waals surface area contributed by atoms with Gasteiger partial charge in [-0.2, -0.15) is 0 Å². The van der Waals surface area contributed by atoms with Crippen LogP contribution in [0.4, 0.5) is 0 Å². The van der Waals surface area contributed by atoms with E-state index in [1.807, 2.05) is 71.9 Å². The first-order valence-electron chi connectivity index (χ1n) is 13.5. The molecule has 2 unspecified atom stereocenters. The zero-order chi connectivity index (χ0) is 28.4. The lowest BCUT2D eigenvalue weighted by Crippen LogP contribution is -2.46. The highest BCUT2D eigenvalue weighted by molar-refractivity contribution is 5.88. The van der Waals surface area contributed by atoms with Crippen LogP contribution in [0.3, 0.4) is 0 Å². The Balaban J connectivity index is 0.00000235. The lowest BCUT2D eigenvalue weighted by atomic mass is 9.67. The van der Waals surface area contributed by atoms with Gasteiger partial charge < -0.3 is 10.2 Å². The minimum Gasteiger partial charge on any atom is -0.381 e. The van der Waals surface area contributed by atoms with E-state index in [2.05, 4.69) is 64.6 Å². The van der Waals surface area contributed by atoms with Gasteiger partial charge in [0.2, 0.25) is 0 Å². The molecule has 2 aliphatic carbocycles. The van der Waals surface area contributed by atoms with Crippen LogP contribution < -0.4 is 0 Å². The van der Waals surface area contributed by atoms with Crippen molar-refractivity contribution in [2.24, 2.45) is 5.41 Å². The molecule has 0 saturated heterocycles. The third-order valence-corrected chi connectivity index (χ3v) is 7.38. The van der Waals surface area contributed by atoms with Crippen molar-refractivity contribution >= 4 is 11.6 Å². The Morgan fingerprint density at radius 3 is 2.05 bits per heavy atom. The van der Waals surface area contributed by atoms with E-state index in [-0.39, 0.29) is 5.41 Å². The average Bonchev–Trinajstić information content (AvgIpc) is 2.79. The van der Waals surface area contributed by atoms with Gasteiger partial charge in [-0.1, -0.05) is 111 Å². The Kier molecular flexibility index (Phi) is 9.06. The van der Waals surface area contributed by atoms with Crippen LogP contribution in [0.15, 0.2) is 84.0 Å². The first kappa shape index (κ1) is 30.5. The minimum atomic E-state index is -1.26. The zero-order valence-electron chi connectivity index (χ0n) is 25.0. The summed E-state index contributed by atoms with van der Waals surface area (Å²) in [6.07, 6.45) is 17.6. The second-order valence-corrected chi connectivity index (χ2v) is 12.1. The van der Waals surface area contributed by atoms with E-state index in [0.717, 1.165) is 22.3 Å². The second kappa shape index (κ2) is 11.0. The number of hydrogen-bond donors (Lipinski definition) is 2. The normalized spacial score (nSPS) is 26.3. The van der Waals surface area contributed by atoms with Gasteiger partial charge in [-0.3, -0.25) is 0 Å². The molecule has 4 bridgehead atoms. The molecule has 2 atom stereocenters. The topological polar surface area (TPSA) is 40.5 Å². The Bertz CT molecular complexity index is 1210. The molecular weight excluding hydrogens is 452 g/mol. The van der Waals surface area contributed by atoms with Gasteiger partial charge in [0.05, 0.1) is 0 Å². The van der Waals surface area contributed by atoms with Gasteiger partial charge in [0.15, 0.2) is 0 Å². The number of benzene rings is 1. The molecule has 0 aliphatic heterocycles. The lowest BCUT2D eigenvalue weighted by Gasteiger charge is -2.43. The maximum atomic E-state index is 11.8. The summed E-state index contributed by atoms with van der Waals surface area (Å²) in [7, 11) is 0. The summed E-state index contributed by atoms with van der Waals surface area (Å²) in [6.45, 7) is 26.6. The van der Waals surface area contributed by atoms with E-state index >= 15 is 0 Å². The van der Waals surface area contributed by atoms with Gasteiger partial charge in [-0.05, 0) is 94.4 Å². The molecule has 0 saturated carbocycles. The molecule has 1 aromatic rings. The predicted molar refractivity (Wildman–Crippen MR) is 163 cm³/mol. The van der Waals surface area contributed by atoms with Gasteiger partial charge in [0.25, 0.3) is 0 Å². The third kappa shape index (κ3) is 6.08. The van der Waals surface area contributed by atoms with E-state index in [0.29, 0.717) is 11.1 Å². The van der Waals surface area contributed by atoms with Crippen molar-refractivity contribution in [1.29, 1.82) is 0 Å². The van der Waals surface area contributed by atoms with Crippen LogP contribution in [0.1, 0.15) is 91.5 Å². The number of rotatable bonds is 3. The highest BCUT2D eigenvalue weighted by Crippen LogP contribution is 2.46. The molecule has 1 aromatic carbocycles. The van der Waals surface area contributed by atoms with Crippen molar-refractivity contribution in [2.45, 2.75) is 92.8 Å². The zero-order valence-corrected chi connectivity index (χ0v) is 25.0. The molecule has 3 rings (SSSR count). The quantitative estimate of drug-likeness (QED) is 0.407. The molecular formula is C35H48O2. The van der Waals surface area contributed by atoms with Crippen molar-refractivity contribution in [1.82, 2.24) is 0 Å². The van der Waals surface area contributed by atoms with Crippen molar-refractivity contribution in [3.63, 3.8) is 0 Å². The average molecular weight is 501 g/mol. The van der Waals surface area contributed by atoms with Crippen LogP contribution >= 0.6 is 0 Å². The fraction of sp³-hybridized carbons (Fsp3) is 0.429. The monoisotopic (exact) mass is 500 g/mol. The van der Waals surface area contributed by atoms with Crippen molar-refractivity contribution in [3.8, 4) is 0 Å². The first-order valence-corrected chi connectivity index (χ1v) is 13.5.